The lowest BCUT2D eigenvalue weighted by Gasteiger charge is -2.27. The van der Waals surface area contributed by atoms with E-state index in [1.807, 2.05) is 0 Å². The summed E-state index contributed by atoms with van der Waals surface area (Å²) in [4.78, 5) is 2.38. The second-order valence-electron chi connectivity index (χ2n) is 13.7. The van der Waals surface area contributed by atoms with E-state index in [9.17, 15) is 0 Å². The Kier molecular flexibility index (Phi) is 6.55. The van der Waals surface area contributed by atoms with Crippen LogP contribution < -0.4 is 4.90 Å². The number of fused-ring (bicyclic) bond motifs is 10. The minimum Gasteiger partial charge on any atom is -0.455 e. The molecule has 9 aromatic carbocycles. The van der Waals surface area contributed by atoms with E-state index in [4.69, 9.17) is 4.42 Å². The van der Waals surface area contributed by atoms with Gasteiger partial charge in [-0.05, 0) is 87.9 Å². The van der Waals surface area contributed by atoms with Crippen molar-refractivity contribution in [1.29, 1.82) is 0 Å². The quantitative estimate of drug-likeness (QED) is 0.169. The first-order valence-corrected chi connectivity index (χ1v) is 18.1. The third kappa shape index (κ3) is 4.61. The predicted octanol–water partition coefficient (Wildman–Crippen LogP) is 14.1. The van der Waals surface area contributed by atoms with E-state index >= 15 is 0 Å². The monoisotopic (exact) mass is 676 g/mol. The third-order valence-corrected chi connectivity index (χ3v) is 10.8. The van der Waals surface area contributed by atoms with Gasteiger partial charge in [-0.2, -0.15) is 0 Å². The van der Waals surface area contributed by atoms with Gasteiger partial charge in [0.1, 0.15) is 11.2 Å². The fraction of sp³-hybridized carbons (Fsp3) is 0. The fourth-order valence-electron chi connectivity index (χ4n) is 8.35. The van der Waals surface area contributed by atoms with Crippen LogP contribution in [0, 0.1) is 0 Å². The maximum absolute atomic E-state index is 6.98. The first-order valence-electron chi connectivity index (χ1n) is 18.1. The van der Waals surface area contributed by atoms with Gasteiger partial charge in [-0.1, -0.05) is 127 Å². The number of para-hydroxylation sites is 2. The Labute approximate surface area is 306 Å². The molecule has 0 aliphatic heterocycles. The lowest BCUT2D eigenvalue weighted by atomic mass is 9.98. The lowest BCUT2D eigenvalue weighted by Crippen LogP contribution is -2.10. The van der Waals surface area contributed by atoms with Gasteiger partial charge >= 0.3 is 0 Å². The highest BCUT2D eigenvalue weighted by atomic mass is 16.3. The maximum atomic E-state index is 6.98. The molecule has 53 heavy (non-hydrogen) atoms. The molecule has 0 N–H and O–H groups in total. The molecule has 0 bridgehead atoms. The Balaban J connectivity index is 1.15. The summed E-state index contributed by atoms with van der Waals surface area (Å²) in [6, 6.07) is 69.6. The number of nitrogens with zero attached hydrogens (tertiary/aromatic N) is 2. The van der Waals surface area contributed by atoms with E-state index < -0.39 is 0 Å². The number of hydrogen-bond donors (Lipinski definition) is 0. The van der Waals surface area contributed by atoms with Gasteiger partial charge in [0, 0.05) is 44.7 Å². The van der Waals surface area contributed by atoms with Crippen molar-refractivity contribution in [3.05, 3.63) is 194 Å². The molecule has 0 atom stereocenters. The molecule has 2 heterocycles. The summed E-state index contributed by atoms with van der Waals surface area (Å²) in [6.07, 6.45) is 0. The largest absolute Gasteiger partial charge is 0.455 e. The van der Waals surface area contributed by atoms with Gasteiger partial charge in [0.15, 0.2) is 0 Å². The Hall–Kier alpha value is -7.10. The molecule has 0 aliphatic rings. The highest BCUT2D eigenvalue weighted by Gasteiger charge is 2.22. The topological polar surface area (TPSA) is 21.3 Å². The fourth-order valence-corrected chi connectivity index (χ4v) is 8.35. The van der Waals surface area contributed by atoms with Crippen molar-refractivity contribution < 1.29 is 4.42 Å². The van der Waals surface area contributed by atoms with Gasteiger partial charge < -0.3 is 13.9 Å². The SMILES string of the molecule is c1ccc(-c2ccc(N(c3ccc4c(c3)oc3c4ccc4c3c3ccccc3n4-c3ccccc3)c3cc4ccccc4c4ccccc34)cc2)cc1. The summed E-state index contributed by atoms with van der Waals surface area (Å²) in [5.41, 5.74) is 10.8. The minimum atomic E-state index is 0.859. The van der Waals surface area contributed by atoms with Crippen LogP contribution >= 0.6 is 0 Å². The first-order chi connectivity index (χ1) is 26.3. The normalized spacial score (nSPS) is 11.8. The molecule has 0 aliphatic carbocycles. The molecule has 0 fully saturated rings. The van der Waals surface area contributed by atoms with Crippen LogP contribution in [0.1, 0.15) is 0 Å². The number of rotatable bonds is 5. The molecule has 11 rings (SSSR count). The molecule has 2 aromatic heterocycles. The van der Waals surface area contributed by atoms with Crippen LogP contribution in [-0.2, 0) is 0 Å². The molecule has 11 aromatic rings. The Bertz CT molecular complexity index is 3160. The molecular formula is C50H32N2O. The van der Waals surface area contributed by atoms with Crippen molar-refractivity contribution in [2.75, 3.05) is 4.90 Å². The summed E-state index contributed by atoms with van der Waals surface area (Å²) >= 11 is 0. The number of anilines is 3. The van der Waals surface area contributed by atoms with Crippen LogP contribution in [0.15, 0.2) is 199 Å². The van der Waals surface area contributed by atoms with Crippen LogP contribution in [-0.4, -0.2) is 4.57 Å². The average Bonchev–Trinajstić information content (AvgIpc) is 3.77. The molecule has 0 radical (unpaired) electrons. The van der Waals surface area contributed by atoms with E-state index in [0.29, 0.717) is 0 Å². The molecule has 0 saturated carbocycles. The van der Waals surface area contributed by atoms with E-state index in [2.05, 4.69) is 204 Å². The Morgan fingerprint density at radius 2 is 1.02 bits per heavy atom. The first kappa shape index (κ1) is 29.6. The molecule has 248 valence electrons. The maximum Gasteiger partial charge on any atom is 0.145 e. The summed E-state index contributed by atoms with van der Waals surface area (Å²) in [5.74, 6) is 0. The van der Waals surface area contributed by atoms with Crippen molar-refractivity contribution in [3.8, 4) is 16.8 Å². The van der Waals surface area contributed by atoms with E-state index in [1.54, 1.807) is 0 Å². The third-order valence-electron chi connectivity index (χ3n) is 10.8. The van der Waals surface area contributed by atoms with Crippen LogP contribution in [0.2, 0.25) is 0 Å². The van der Waals surface area contributed by atoms with Gasteiger partial charge in [-0.3, -0.25) is 0 Å². The number of aromatic nitrogens is 1. The van der Waals surface area contributed by atoms with E-state index in [1.165, 1.54) is 38.1 Å². The zero-order valence-electron chi connectivity index (χ0n) is 28.8. The van der Waals surface area contributed by atoms with Crippen LogP contribution in [0.4, 0.5) is 17.1 Å². The van der Waals surface area contributed by atoms with Crippen molar-refractivity contribution in [2.24, 2.45) is 0 Å². The molecule has 0 saturated heterocycles. The zero-order valence-corrected chi connectivity index (χ0v) is 28.8. The van der Waals surface area contributed by atoms with E-state index in [0.717, 1.165) is 61.1 Å². The van der Waals surface area contributed by atoms with Gasteiger partial charge in [0.05, 0.1) is 22.1 Å². The summed E-state index contributed by atoms with van der Waals surface area (Å²) < 4.78 is 9.32. The van der Waals surface area contributed by atoms with Crippen LogP contribution in [0.25, 0.3) is 82.1 Å². The predicted molar refractivity (Wildman–Crippen MR) is 223 cm³/mol. The van der Waals surface area contributed by atoms with Crippen molar-refractivity contribution >= 4 is 82.4 Å². The highest BCUT2D eigenvalue weighted by molar-refractivity contribution is 6.24. The van der Waals surface area contributed by atoms with Crippen LogP contribution in [0.3, 0.4) is 0 Å². The van der Waals surface area contributed by atoms with Crippen molar-refractivity contribution in [2.45, 2.75) is 0 Å². The Morgan fingerprint density at radius 1 is 0.396 bits per heavy atom. The summed E-state index contributed by atoms with van der Waals surface area (Å²) in [5, 5.41) is 9.40. The smallest absolute Gasteiger partial charge is 0.145 e. The standard InChI is InChI=1S/C50H32N2O/c1-3-13-33(14-4-1)34-23-25-37(26-24-34)51(47-31-35-15-7-8-18-39(35)40-19-9-10-20-41(40)47)38-27-28-42-43-29-30-46-49(50(43)53-48(42)32-38)44-21-11-12-22-45(44)52(46)36-16-5-2-6-17-36/h1-32H. The molecule has 3 heteroatoms. The second-order valence-corrected chi connectivity index (χ2v) is 13.7. The van der Waals surface area contributed by atoms with Gasteiger partial charge in [0.25, 0.3) is 0 Å². The molecule has 0 spiro atoms. The Morgan fingerprint density at radius 3 is 1.83 bits per heavy atom. The van der Waals surface area contributed by atoms with Crippen molar-refractivity contribution in [3.63, 3.8) is 0 Å². The van der Waals surface area contributed by atoms with Gasteiger partial charge in [-0.25, -0.2) is 0 Å². The number of benzene rings is 9. The highest BCUT2D eigenvalue weighted by Crippen LogP contribution is 2.45. The van der Waals surface area contributed by atoms with Crippen molar-refractivity contribution in [1.82, 2.24) is 4.57 Å². The van der Waals surface area contributed by atoms with Gasteiger partial charge in [-0.15, -0.1) is 0 Å². The number of hydrogen-bond acceptors (Lipinski definition) is 2. The summed E-state index contributed by atoms with van der Waals surface area (Å²) in [6.45, 7) is 0. The van der Waals surface area contributed by atoms with Crippen LogP contribution in [0.5, 0.6) is 0 Å². The average molecular weight is 677 g/mol. The second kappa shape index (κ2) is 11.7. The zero-order chi connectivity index (χ0) is 34.9. The molecular weight excluding hydrogens is 645 g/mol. The van der Waals surface area contributed by atoms with E-state index in [-0.39, 0.29) is 0 Å². The summed E-state index contributed by atoms with van der Waals surface area (Å²) in [7, 11) is 0. The molecule has 0 amide bonds. The molecule has 3 nitrogen and oxygen atoms in total. The minimum absolute atomic E-state index is 0.859. The number of furan rings is 1. The van der Waals surface area contributed by atoms with Gasteiger partial charge in [0.2, 0.25) is 0 Å². The lowest BCUT2D eigenvalue weighted by molar-refractivity contribution is 0.673. The molecule has 0 unspecified atom stereocenters.